The summed E-state index contributed by atoms with van der Waals surface area (Å²) in [6.45, 7) is 2.24. The molecule has 0 amide bonds. The van der Waals surface area contributed by atoms with Crippen molar-refractivity contribution in [3.8, 4) is 0 Å². The van der Waals surface area contributed by atoms with Crippen LogP contribution in [0.25, 0.3) is 11.0 Å². The second kappa shape index (κ2) is 4.18. The number of H-pyrrole nitrogens is 1. The Hall–Kier alpha value is -0.870. The predicted octanol–water partition coefficient (Wildman–Crippen LogP) is 2.79. The van der Waals surface area contributed by atoms with Crippen LogP contribution in [0.2, 0.25) is 0 Å². The molecular formula is C12H14BrN3. The number of nitrogens with zero attached hydrogens (tertiary/aromatic N) is 1. The highest BCUT2D eigenvalue weighted by Gasteiger charge is 2.19. The number of hydrogen-bond donors (Lipinski definition) is 2. The molecule has 0 aromatic carbocycles. The zero-order valence-corrected chi connectivity index (χ0v) is 10.5. The van der Waals surface area contributed by atoms with Crippen LogP contribution in [0.5, 0.6) is 0 Å². The van der Waals surface area contributed by atoms with Crippen molar-refractivity contribution in [1.82, 2.24) is 15.3 Å². The molecule has 1 fully saturated rings. The van der Waals surface area contributed by atoms with Gasteiger partial charge in [-0.05, 0) is 59.4 Å². The van der Waals surface area contributed by atoms with Crippen molar-refractivity contribution in [2.75, 3.05) is 13.1 Å². The molecule has 0 atom stereocenters. The topological polar surface area (TPSA) is 40.7 Å². The summed E-state index contributed by atoms with van der Waals surface area (Å²) in [5, 5.41) is 3.40. The fraction of sp³-hybridized carbons (Fsp3) is 0.417. The molecule has 1 aliphatic rings. The number of nitrogens with one attached hydrogen (secondary N) is 2. The van der Waals surface area contributed by atoms with Crippen LogP contribution in [-0.2, 0) is 0 Å². The molecule has 1 saturated heterocycles. The third-order valence-electron chi connectivity index (χ3n) is 3.29. The van der Waals surface area contributed by atoms with Gasteiger partial charge in [0.25, 0.3) is 0 Å². The van der Waals surface area contributed by atoms with E-state index in [-0.39, 0.29) is 0 Å². The van der Waals surface area contributed by atoms with E-state index in [0.29, 0.717) is 5.92 Å². The highest BCUT2D eigenvalue weighted by molar-refractivity contribution is 9.10. The number of piperidine rings is 1. The molecule has 2 aromatic heterocycles. The molecule has 2 N–H and O–H groups in total. The van der Waals surface area contributed by atoms with Gasteiger partial charge in [-0.2, -0.15) is 0 Å². The summed E-state index contributed by atoms with van der Waals surface area (Å²) >= 11 is 3.45. The second-order valence-electron chi connectivity index (χ2n) is 4.32. The first-order valence-electron chi connectivity index (χ1n) is 5.68. The monoisotopic (exact) mass is 279 g/mol. The number of pyridine rings is 1. The number of fused-ring (bicyclic) bond motifs is 1. The summed E-state index contributed by atoms with van der Waals surface area (Å²) in [4.78, 5) is 7.83. The van der Waals surface area contributed by atoms with E-state index in [9.17, 15) is 0 Å². The molecule has 84 valence electrons. The van der Waals surface area contributed by atoms with Crippen molar-refractivity contribution in [1.29, 1.82) is 0 Å². The van der Waals surface area contributed by atoms with Gasteiger partial charge in [0.1, 0.15) is 0 Å². The summed E-state index contributed by atoms with van der Waals surface area (Å²) in [6, 6.07) is 2.09. The van der Waals surface area contributed by atoms with E-state index in [2.05, 4.69) is 43.5 Å². The number of aromatic nitrogens is 2. The van der Waals surface area contributed by atoms with Gasteiger partial charge in [0.15, 0.2) is 0 Å². The lowest BCUT2D eigenvalue weighted by Gasteiger charge is -2.21. The quantitative estimate of drug-likeness (QED) is 0.843. The van der Waals surface area contributed by atoms with Gasteiger partial charge >= 0.3 is 0 Å². The van der Waals surface area contributed by atoms with Crippen LogP contribution in [0.15, 0.2) is 22.9 Å². The number of halogens is 1. The van der Waals surface area contributed by atoms with Crippen LogP contribution < -0.4 is 5.32 Å². The van der Waals surface area contributed by atoms with Crippen LogP contribution in [0.3, 0.4) is 0 Å². The summed E-state index contributed by atoms with van der Waals surface area (Å²) in [5.74, 6) is 0.656. The van der Waals surface area contributed by atoms with Gasteiger partial charge in [0, 0.05) is 16.9 Å². The fourth-order valence-electron chi connectivity index (χ4n) is 2.45. The molecule has 2 aromatic rings. The van der Waals surface area contributed by atoms with Gasteiger partial charge < -0.3 is 10.3 Å². The van der Waals surface area contributed by atoms with E-state index < -0.39 is 0 Å². The summed E-state index contributed by atoms with van der Waals surface area (Å²) in [6.07, 6.45) is 6.43. The molecule has 16 heavy (non-hydrogen) atoms. The minimum atomic E-state index is 0.656. The molecule has 0 radical (unpaired) electrons. The van der Waals surface area contributed by atoms with E-state index in [1.54, 1.807) is 0 Å². The molecule has 3 heterocycles. The maximum absolute atomic E-state index is 4.52. The zero-order valence-electron chi connectivity index (χ0n) is 8.96. The maximum atomic E-state index is 4.52. The third kappa shape index (κ3) is 1.76. The Labute approximate surface area is 103 Å². The van der Waals surface area contributed by atoms with Crippen molar-refractivity contribution in [2.45, 2.75) is 18.8 Å². The first kappa shape index (κ1) is 10.3. The Bertz CT molecular complexity index is 500. The van der Waals surface area contributed by atoms with E-state index in [1.807, 2.05) is 6.20 Å². The van der Waals surface area contributed by atoms with Crippen molar-refractivity contribution in [2.24, 2.45) is 0 Å². The van der Waals surface area contributed by atoms with Crippen molar-refractivity contribution in [3.05, 3.63) is 28.5 Å². The highest BCUT2D eigenvalue weighted by Crippen LogP contribution is 2.30. The van der Waals surface area contributed by atoms with Crippen molar-refractivity contribution < 1.29 is 0 Å². The average molecular weight is 280 g/mol. The van der Waals surface area contributed by atoms with E-state index in [0.717, 1.165) is 28.6 Å². The van der Waals surface area contributed by atoms with Gasteiger partial charge in [-0.25, -0.2) is 0 Å². The lowest BCUT2D eigenvalue weighted by Crippen LogP contribution is -2.26. The Balaban J connectivity index is 2.03. The van der Waals surface area contributed by atoms with Gasteiger partial charge in [-0.15, -0.1) is 0 Å². The van der Waals surface area contributed by atoms with Crippen LogP contribution in [0.1, 0.15) is 24.3 Å². The fourth-order valence-corrected chi connectivity index (χ4v) is 2.78. The molecule has 0 bridgehead atoms. The largest absolute Gasteiger partial charge is 0.360 e. The minimum Gasteiger partial charge on any atom is -0.360 e. The Morgan fingerprint density at radius 2 is 2.12 bits per heavy atom. The van der Waals surface area contributed by atoms with Gasteiger partial charge in [-0.3, -0.25) is 4.98 Å². The average Bonchev–Trinajstić information content (AvgIpc) is 2.73. The Morgan fingerprint density at radius 3 is 2.94 bits per heavy atom. The summed E-state index contributed by atoms with van der Waals surface area (Å²) in [7, 11) is 0. The van der Waals surface area contributed by atoms with E-state index in [1.165, 1.54) is 18.4 Å². The first-order valence-corrected chi connectivity index (χ1v) is 6.47. The number of hydrogen-bond acceptors (Lipinski definition) is 2. The van der Waals surface area contributed by atoms with Gasteiger partial charge in [-0.1, -0.05) is 0 Å². The molecule has 4 heteroatoms. The Kier molecular flexibility index (Phi) is 2.69. The number of rotatable bonds is 1. The molecule has 3 nitrogen and oxygen atoms in total. The second-order valence-corrected chi connectivity index (χ2v) is 5.23. The predicted molar refractivity (Wildman–Crippen MR) is 68.6 cm³/mol. The SMILES string of the molecule is Brc1cnc2c(C3CCNCC3)c[nH]c2c1. The van der Waals surface area contributed by atoms with Crippen LogP contribution in [0, 0.1) is 0 Å². The molecular weight excluding hydrogens is 266 g/mol. The smallest absolute Gasteiger partial charge is 0.0914 e. The first-order chi connectivity index (χ1) is 7.84. The molecule has 0 unspecified atom stereocenters. The van der Waals surface area contributed by atoms with Crippen LogP contribution in [-0.4, -0.2) is 23.1 Å². The van der Waals surface area contributed by atoms with Crippen LogP contribution >= 0.6 is 15.9 Å². The third-order valence-corrected chi connectivity index (χ3v) is 3.72. The van der Waals surface area contributed by atoms with E-state index >= 15 is 0 Å². The molecule has 0 saturated carbocycles. The molecule has 0 spiro atoms. The standard InChI is InChI=1S/C12H14BrN3/c13-9-5-11-12(16-6-9)10(7-15-11)8-1-3-14-4-2-8/h5-8,14-15H,1-4H2. The van der Waals surface area contributed by atoms with E-state index in [4.69, 9.17) is 0 Å². The Morgan fingerprint density at radius 1 is 1.31 bits per heavy atom. The van der Waals surface area contributed by atoms with Gasteiger partial charge in [0.2, 0.25) is 0 Å². The lowest BCUT2D eigenvalue weighted by atomic mass is 9.91. The number of aromatic amines is 1. The maximum Gasteiger partial charge on any atom is 0.0914 e. The molecule has 0 aliphatic carbocycles. The zero-order chi connectivity index (χ0) is 11.0. The van der Waals surface area contributed by atoms with Crippen LogP contribution in [0.4, 0.5) is 0 Å². The molecule has 3 rings (SSSR count). The summed E-state index contributed by atoms with van der Waals surface area (Å²) < 4.78 is 1.03. The van der Waals surface area contributed by atoms with Gasteiger partial charge in [0.05, 0.1) is 11.0 Å². The lowest BCUT2D eigenvalue weighted by molar-refractivity contribution is 0.462. The molecule has 1 aliphatic heterocycles. The normalized spacial score (nSPS) is 18.1. The summed E-state index contributed by atoms with van der Waals surface area (Å²) in [5.41, 5.74) is 3.64. The minimum absolute atomic E-state index is 0.656. The van der Waals surface area contributed by atoms with Crippen molar-refractivity contribution in [3.63, 3.8) is 0 Å². The van der Waals surface area contributed by atoms with Crippen molar-refractivity contribution >= 4 is 27.0 Å². The highest BCUT2D eigenvalue weighted by atomic mass is 79.9.